The van der Waals surface area contributed by atoms with Crippen LogP contribution in [0.3, 0.4) is 0 Å². The van der Waals surface area contributed by atoms with Crippen molar-refractivity contribution in [1.29, 1.82) is 0 Å². The third kappa shape index (κ3) is 5.61. The highest BCUT2D eigenvalue weighted by molar-refractivity contribution is 5.82. The molecular weight excluding hydrogens is 390 g/mol. The standard InChI is InChI=1S/C23H27N7O/c24-21(18-4-2-1-3-5-18)22(31)28-12-16-6-8-17(9-7-16)20-10-11-27-23(30-20)29-19-13-25-15-26-14-19/h1-5,10-11,13-17,21H,6-9,12,24H2,(H,28,31)(H,27,29,30)/t16?,17?,21-/m0/s1. The van der Waals surface area contributed by atoms with Gasteiger partial charge in [-0.15, -0.1) is 0 Å². The van der Waals surface area contributed by atoms with Crippen LogP contribution in [0.2, 0.25) is 0 Å². The van der Waals surface area contributed by atoms with Gasteiger partial charge in [-0.2, -0.15) is 0 Å². The Bertz CT molecular complexity index is 975. The van der Waals surface area contributed by atoms with E-state index in [0.29, 0.717) is 24.3 Å². The van der Waals surface area contributed by atoms with Gasteiger partial charge in [0.25, 0.3) is 0 Å². The van der Waals surface area contributed by atoms with Crippen LogP contribution in [0.15, 0.2) is 61.3 Å². The number of rotatable bonds is 7. The minimum Gasteiger partial charge on any atom is -0.354 e. The van der Waals surface area contributed by atoms with Crippen molar-refractivity contribution < 1.29 is 4.79 Å². The first-order valence-corrected chi connectivity index (χ1v) is 10.6. The predicted octanol–water partition coefficient (Wildman–Crippen LogP) is 3.10. The number of anilines is 2. The molecule has 31 heavy (non-hydrogen) atoms. The van der Waals surface area contributed by atoms with Gasteiger partial charge in [0.1, 0.15) is 12.4 Å². The summed E-state index contributed by atoms with van der Waals surface area (Å²) in [6.45, 7) is 0.663. The lowest BCUT2D eigenvalue weighted by atomic mass is 9.80. The molecule has 3 aromatic rings. The van der Waals surface area contributed by atoms with E-state index in [-0.39, 0.29) is 5.91 Å². The molecule has 160 valence electrons. The molecule has 1 aromatic carbocycles. The van der Waals surface area contributed by atoms with Gasteiger partial charge in [-0.25, -0.2) is 19.9 Å². The van der Waals surface area contributed by atoms with Gasteiger partial charge in [0, 0.05) is 24.4 Å². The summed E-state index contributed by atoms with van der Waals surface area (Å²) in [6.07, 6.45) is 10.8. The molecule has 0 unspecified atom stereocenters. The van der Waals surface area contributed by atoms with Crippen LogP contribution in [0.1, 0.15) is 48.9 Å². The Hall–Kier alpha value is -3.39. The molecule has 4 N–H and O–H groups in total. The van der Waals surface area contributed by atoms with E-state index in [9.17, 15) is 4.79 Å². The number of benzene rings is 1. The lowest BCUT2D eigenvalue weighted by Crippen LogP contribution is -2.37. The van der Waals surface area contributed by atoms with Gasteiger partial charge in [-0.05, 0) is 43.2 Å². The summed E-state index contributed by atoms with van der Waals surface area (Å²) in [5, 5.41) is 6.17. The summed E-state index contributed by atoms with van der Waals surface area (Å²) in [5.41, 5.74) is 8.72. The molecule has 1 saturated carbocycles. The molecule has 1 aliphatic rings. The molecule has 0 saturated heterocycles. The van der Waals surface area contributed by atoms with Gasteiger partial charge in [0.05, 0.1) is 18.1 Å². The quantitative estimate of drug-likeness (QED) is 0.540. The molecule has 1 atom stereocenters. The van der Waals surface area contributed by atoms with Gasteiger partial charge in [-0.1, -0.05) is 30.3 Å². The Morgan fingerprint density at radius 2 is 1.81 bits per heavy atom. The van der Waals surface area contributed by atoms with Crippen molar-refractivity contribution in [3.05, 3.63) is 72.6 Å². The lowest BCUT2D eigenvalue weighted by molar-refractivity contribution is -0.122. The summed E-state index contributed by atoms with van der Waals surface area (Å²) in [4.78, 5) is 29.4. The van der Waals surface area contributed by atoms with Crippen LogP contribution in [0.4, 0.5) is 11.6 Å². The maximum Gasteiger partial charge on any atom is 0.241 e. The summed E-state index contributed by atoms with van der Waals surface area (Å²) < 4.78 is 0. The largest absolute Gasteiger partial charge is 0.354 e. The van der Waals surface area contributed by atoms with Crippen LogP contribution >= 0.6 is 0 Å². The van der Waals surface area contributed by atoms with Crippen LogP contribution < -0.4 is 16.4 Å². The number of carbonyl (C=O) groups is 1. The number of hydrogen-bond donors (Lipinski definition) is 3. The van der Waals surface area contributed by atoms with E-state index in [1.807, 2.05) is 36.4 Å². The van der Waals surface area contributed by atoms with Crippen LogP contribution in [0, 0.1) is 5.92 Å². The summed E-state index contributed by atoms with van der Waals surface area (Å²) >= 11 is 0. The van der Waals surface area contributed by atoms with Crippen molar-refractivity contribution in [1.82, 2.24) is 25.3 Å². The van der Waals surface area contributed by atoms with Gasteiger partial charge in [-0.3, -0.25) is 4.79 Å². The maximum absolute atomic E-state index is 12.4. The zero-order valence-corrected chi connectivity index (χ0v) is 17.3. The normalized spacial score (nSPS) is 19.4. The van der Waals surface area contributed by atoms with E-state index in [2.05, 4.69) is 30.6 Å². The highest BCUT2D eigenvalue weighted by Crippen LogP contribution is 2.35. The van der Waals surface area contributed by atoms with Crippen LogP contribution in [-0.4, -0.2) is 32.4 Å². The van der Waals surface area contributed by atoms with Gasteiger partial charge >= 0.3 is 0 Å². The third-order valence-corrected chi connectivity index (χ3v) is 5.76. The molecule has 4 rings (SSSR count). The summed E-state index contributed by atoms with van der Waals surface area (Å²) in [5.74, 6) is 1.29. The number of hydrogen-bond acceptors (Lipinski definition) is 7. The Morgan fingerprint density at radius 3 is 2.55 bits per heavy atom. The Labute approximate surface area is 181 Å². The van der Waals surface area contributed by atoms with Crippen molar-refractivity contribution in [2.24, 2.45) is 11.7 Å². The SMILES string of the molecule is N[C@H](C(=O)NCC1CCC(c2ccnc(Nc3cncnc3)n2)CC1)c1ccccc1. The molecule has 8 heteroatoms. The molecule has 0 radical (unpaired) electrons. The number of aromatic nitrogens is 4. The first kappa shape index (κ1) is 20.9. The van der Waals surface area contributed by atoms with Crippen LogP contribution in [0.5, 0.6) is 0 Å². The Balaban J connectivity index is 1.26. The summed E-state index contributed by atoms with van der Waals surface area (Å²) in [7, 11) is 0. The third-order valence-electron chi connectivity index (χ3n) is 5.76. The van der Waals surface area contributed by atoms with Crippen molar-refractivity contribution in [2.45, 2.75) is 37.6 Å². The van der Waals surface area contributed by atoms with Gasteiger partial charge < -0.3 is 16.4 Å². The molecule has 0 bridgehead atoms. The predicted molar refractivity (Wildman–Crippen MR) is 118 cm³/mol. The fourth-order valence-corrected chi connectivity index (χ4v) is 3.98. The topological polar surface area (TPSA) is 119 Å². The fourth-order valence-electron chi connectivity index (χ4n) is 3.98. The highest BCUT2D eigenvalue weighted by Gasteiger charge is 2.25. The van der Waals surface area contributed by atoms with E-state index in [0.717, 1.165) is 42.6 Å². The second-order valence-corrected chi connectivity index (χ2v) is 7.91. The molecule has 2 aromatic heterocycles. The molecule has 8 nitrogen and oxygen atoms in total. The minimum atomic E-state index is -0.625. The second-order valence-electron chi connectivity index (χ2n) is 7.91. The average Bonchev–Trinajstić information content (AvgIpc) is 2.84. The molecule has 0 aliphatic heterocycles. The van der Waals surface area contributed by atoms with Gasteiger partial charge in [0.2, 0.25) is 11.9 Å². The van der Waals surface area contributed by atoms with Crippen LogP contribution in [-0.2, 0) is 4.79 Å². The number of amides is 1. The minimum absolute atomic E-state index is 0.121. The smallest absolute Gasteiger partial charge is 0.241 e. The zero-order chi connectivity index (χ0) is 21.5. The van der Waals surface area contributed by atoms with E-state index in [4.69, 9.17) is 5.73 Å². The Morgan fingerprint density at radius 1 is 1.06 bits per heavy atom. The van der Waals surface area contributed by atoms with Crippen LogP contribution in [0.25, 0.3) is 0 Å². The molecule has 1 aliphatic carbocycles. The van der Waals surface area contributed by atoms with Crippen molar-refractivity contribution in [2.75, 3.05) is 11.9 Å². The molecule has 1 amide bonds. The number of nitrogens with zero attached hydrogens (tertiary/aromatic N) is 4. The second kappa shape index (κ2) is 10.1. The van der Waals surface area contributed by atoms with E-state index < -0.39 is 6.04 Å². The monoisotopic (exact) mass is 417 g/mol. The number of carbonyl (C=O) groups excluding carboxylic acids is 1. The average molecular weight is 418 g/mol. The van der Waals surface area contributed by atoms with Gasteiger partial charge in [0.15, 0.2) is 0 Å². The Kier molecular flexibility index (Phi) is 6.78. The highest BCUT2D eigenvalue weighted by atomic mass is 16.2. The zero-order valence-electron chi connectivity index (χ0n) is 17.3. The molecule has 1 fully saturated rings. The van der Waals surface area contributed by atoms with E-state index in [1.165, 1.54) is 6.33 Å². The summed E-state index contributed by atoms with van der Waals surface area (Å²) in [6, 6.07) is 10.8. The molecular formula is C23H27N7O. The fraction of sp³-hybridized carbons (Fsp3) is 0.348. The first-order valence-electron chi connectivity index (χ1n) is 10.6. The van der Waals surface area contributed by atoms with Crippen molar-refractivity contribution in [3.8, 4) is 0 Å². The van der Waals surface area contributed by atoms with Crippen molar-refractivity contribution in [3.63, 3.8) is 0 Å². The lowest BCUT2D eigenvalue weighted by Gasteiger charge is -2.28. The number of nitrogens with one attached hydrogen (secondary N) is 2. The van der Waals surface area contributed by atoms with E-state index in [1.54, 1.807) is 18.6 Å². The maximum atomic E-state index is 12.4. The molecule has 0 spiro atoms. The number of nitrogens with two attached hydrogens (primary N) is 1. The van der Waals surface area contributed by atoms with Crippen molar-refractivity contribution >= 4 is 17.5 Å². The van der Waals surface area contributed by atoms with E-state index >= 15 is 0 Å². The first-order chi connectivity index (χ1) is 15.2. The molecule has 2 heterocycles.